The minimum Gasteiger partial charge on any atom is -0.326 e. The summed E-state index contributed by atoms with van der Waals surface area (Å²) in [6, 6.07) is 11.4. The highest BCUT2D eigenvalue weighted by atomic mass is 35.5. The Morgan fingerprint density at radius 2 is 1.84 bits per heavy atom. The van der Waals surface area contributed by atoms with Crippen LogP contribution in [0.25, 0.3) is 10.9 Å². The molecule has 0 fully saturated rings. The van der Waals surface area contributed by atoms with Crippen molar-refractivity contribution in [3.05, 3.63) is 73.3 Å². The molecule has 1 amide bonds. The van der Waals surface area contributed by atoms with Crippen molar-refractivity contribution in [2.45, 2.75) is 13.0 Å². The summed E-state index contributed by atoms with van der Waals surface area (Å²) in [6.07, 6.45) is -0.0401. The van der Waals surface area contributed by atoms with E-state index in [4.69, 9.17) is 23.2 Å². The Balaban J connectivity index is 1.76. The van der Waals surface area contributed by atoms with Crippen molar-refractivity contribution in [3.8, 4) is 0 Å². The third-order valence-corrected chi connectivity index (χ3v) is 4.39. The van der Waals surface area contributed by atoms with Crippen LogP contribution in [0.5, 0.6) is 0 Å². The number of halogens is 2. The third kappa shape index (κ3) is 3.75. The summed E-state index contributed by atoms with van der Waals surface area (Å²) in [5.41, 5.74) is -0.0269. The van der Waals surface area contributed by atoms with Crippen LogP contribution in [0.1, 0.15) is 6.42 Å². The summed E-state index contributed by atoms with van der Waals surface area (Å²) in [5.74, 6) is -0.349. The number of fused-ring (bicyclic) bond motifs is 1. The van der Waals surface area contributed by atoms with E-state index in [1.807, 2.05) is 0 Å². The van der Waals surface area contributed by atoms with Gasteiger partial charge in [-0.1, -0.05) is 35.3 Å². The van der Waals surface area contributed by atoms with Crippen molar-refractivity contribution in [1.82, 2.24) is 9.55 Å². The number of hydrogen-bond acceptors (Lipinski definition) is 3. The van der Waals surface area contributed by atoms with Gasteiger partial charge in [-0.25, -0.2) is 4.79 Å². The molecule has 0 saturated carbocycles. The number of H-pyrrole nitrogens is 1. The minimum absolute atomic E-state index is 0.0356. The maximum absolute atomic E-state index is 12.4. The first-order valence-electron chi connectivity index (χ1n) is 7.42. The van der Waals surface area contributed by atoms with Crippen LogP contribution in [0.3, 0.4) is 0 Å². The Kier molecular flexibility index (Phi) is 4.92. The monoisotopic (exact) mass is 377 g/mol. The molecule has 0 aliphatic heterocycles. The fourth-order valence-electron chi connectivity index (χ4n) is 2.41. The summed E-state index contributed by atoms with van der Waals surface area (Å²) in [5, 5.41) is 3.75. The predicted octanol–water partition coefficient (Wildman–Crippen LogP) is 3.03. The Hall–Kier alpha value is -2.57. The zero-order chi connectivity index (χ0) is 18.0. The fourth-order valence-corrected chi connectivity index (χ4v) is 2.71. The van der Waals surface area contributed by atoms with Gasteiger partial charge in [-0.3, -0.25) is 14.2 Å². The first-order chi connectivity index (χ1) is 12.0. The van der Waals surface area contributed by atoms with Gasteiger partial charge in [0.05, 0.1) is 20.9 Å². The standard InChI is InChI=1S/C17H13Cl2N3O3/c18-12-6-5-10(9-13(12)19)20-15(23)7-8-22-16(24)11-3-1-2-4-14(11)21-17(22)25/h1-6,9H,7-8H2,(H,20,23)(H,21,25). The lowest BCUT2D eigenvalue weighted by Gasteiger charge is -2.08. The van der Waals surface area contributed by atoms with Crippen molar-refractivity contribution in [2.75, 3.05) is 5.32 Å². The van der Waals surface area contributed by atoms with Gasteiger partial charge in [-0.15, -0.1) is 0 Å². The van der Waals surface area contributed by atoms with Gasteiger partial charge in [-0.05, 0) is 30.3 Å². The van der Waals surface area contributed by atoms with E-state index in [1.165, 1.54) is 6.07 Å². The molecule has 0 saturated heterocycles. The van der Waals surface area contributed by atoms with Crippen LogP contribution in [-0.4, -0.2) is 15.5 Å². The Bertz CT molecular complexity index is 1070. The Morgan fingerprint density at radius 1 is 1.08 bits per heavy atom. The van der Waals surface area contributed by atoms with Crippen molar-refractivity contribution >= 4 is 45.7 Å². The van der Waals surface area contributed by atoms with Crippen LogP contribution < -0.4 is 16.6 Å². The molecule has 0 radical (unpaired) electrons. The SMILES string of the molecule is O=C(CCn1c(=O)[nH]c2ccccc2c1=O)Nc1ccc(Cl)c(Cl)c1. The van der Waals surface area contributed by atoms with Gasteiger partial charge >= 0.3 is 5.69 Å². The molecule has 0 aliphatic carbocycles. The van der Waals surface area contributed by atoms with Crippen LogP contribution in [0, 0.1) is 0 Å². The number of aromatic amines is 1. The number of para-hydroxylation sites is 1. The number of nitrogens with one attached hydrogen (secondary N) is 2. The Morgan fingerprint density at radius 3 is 2.60 bits per heavy atom. The number of carbonyl (C=O) groups is 1. The zero-order valence-corrected chi connectivity index (χ0v) is 14.4. The molecule has 3 rings (SSSR count). The average Bonchev–Trinajstić information content (AvgIpc) is 2.58. The number of rotatable bonds is 4. The number of amides is 1. The molecule has 1 heterocycles. The molecular weight excluding hydrogens is 365 g/mol. The van der Waals surface area contributed by atoms with Crippen molar-refractivity contribution in [2.24, 2.45) is 0 Å². The lowest BCUT2D eigenvalue weighted by Crippen LogP contribution is -2.36. The molecule has 128 valence electrons. The van der Waals surface area contributed by atoms with Crippen LogP contribution in [0.15, 0.2) is 52.1 Å². The molecule has 0 aliphatic rings. The molecule has 8 heteroatoms. The van der Waals surface area contributed by atoms with E-state index in [-0.39, 0.29) is 18.9 Å². The van der Waals surface area contributed by atoms with E-state index in [0.29, 0.717) is 26.6 Å². The second-order valence-corrected chi connectivity index (χ2v) is 6.17. The maximum Gasteiger partial charge on any atom is 0.328 e. The van der Waals surface area contributed by atoms with E-state index in [2.05, 4.69) is 10.3 Å². The van der Waals surface area contributed by atoms with Gasteiger partial charge in [0.2, 0.25) is 5.91 Å². The topological polar surface area (TPSA) is 84.0 Å². The second kappa shape index (κ2) is 7.13. The molecule has 2 N–H and O–H groups in total. The maximum atomic E-state index is 12.4. The fraction of sp³-hybridized carbons (Fsp3) is 0.118. The minimum atomic E-state index is -0.550. The number of aromatic nitrogens is 2. The third-order valence-electron chi connectivity index (χ3n) is 3.66. The second-order valence-electron chi connectivity index (χ2n) is 5.36. The molecule has 1 aromatic heterocycles. The highest BCUT2D eigenvalue weighted by molar-refractivity contribution is 6.42. The molecule has 2 aromatic carbocycles. The number of anilines is 1. The molecule has 0 spiro atoms. The van der Waals surface area contributed by atoms with Gasteiger partial charge in [0.25, 0.3) is 5.56 Å². The summed E-state index contributed by atoms with van der Waals surface area (Å²) in [6.45, 7) is -0.0356. The lowest BCUT2D eigenvalue weighted by atomic mass is 10.2. The van der Waals surface area contributed by atoms with Crippen molar-refractivity contribution in [1.29, 1.82) is 0 Å². The van der Waals surface area contributed by atoms with Crippen LogP contribution >= 0.6 is 23.2 Å². The van der Waals surface area contributed by atoms with Crippen molar-refractivity contribution < 1.29 is 4.79 Å². The molecule has 0 bridgehead atoms. The summed E-state index contributed by atoms with van der Waals surface area (Å²) in [7, 11) is 0. The predicted molar refractivity (Wildman–Crippen MR) is 98.5 cm³/mol. The van der Waals surface area contributed by atoms with Gasteiger partial charge in [0.1, 0.15) is 0 Å². The van der Waals surface area contributed by atoms with Crippen LogP contribution in [0.2, 0.25) is 10.0 Å². The van der Waals surface area contributed by atoms with Crippen LogP contribution in [0.4, 0.5) is 5.69 Å². The average molecular weight is 378 g/mol. The number of hydrogen-bond donors (Lipinski definition) is 2. The van der Waals surface area contributed by atoms with Crippen molar-refractivity contribution in [3.63, 3.8) is 0 Å². The summed E-state index contributed by atoms with van der Waals surface area (Å²) < 4.78 is 1.01. The summed E-state index contributed by atoms with van der Waals surface area (Å²) in [4.78, 5) is 39.1. The molecule has 6 nitrogen and oxygen atoms in total. The Labute approximate surface area is 152 Å². The molecule has 3 aromatic rings. The molecule has 0 atom stereocenters. The van der Waals surface area contributed by atoms with Gasteiger partial charge in [0, 0.05) is 18.7 Å². The van der Waals surface area contributed by atoms with E-state index < -0.39 is 11.2 Å². The molecule has 0 unspecified atom stereocenters. The zero-order valence-electron chi connectivity index (χ0n) is 12.9. The van der Waals surface area contributed by atoms with E-state index in [0.717, 1.165) is 4.57 Å². The highest BCUT2D eigenvalue weighted by Gasteiger charge is 2.10. The number of nitrogens with zero attached hydrogens (tertiary/aromatic N) is 1. The van der Waals surface area contributed by atoms with Crippen LogP contribution in [-0.2, 0) is 11.3 Å². The first kappa shape index (κ1) is 17.3. The van der Waals surface area contributed by atoms with E-state index in [9.17, 15) is 14.4 Å². The van der Waals surface area contributed by atoms with Gasteiger partial charge in [-0.2, -0.15) is 0 Å². The quantitative estimate of drug-likeness (QED) is 0.732. The number of carbonyl (C=O) groups excluding carboxylic acids is 1. The summed E-state index contributed by atoms with van der Waals surface area (Å²) >= 11 is 11.7. The van der Waals surface area contributed by atoms with Gasteiger partial charge in [0.15, 0.2) is 0 Å². The smallest absolute Gasteiger partial charge is 0.326 e. The molecular formula is C17H13Cl2N3O3. The van der Waals surface area contributed by atoms with Gasteiger partial charge < -0.3 is 10.3 Å². The first-order valence-corrected chi connectivity index (χ1v) is 8.18. The van der Waals surface area contributed by atoms with E-state index >= 15 is 0 Å². The van der Waals surface area contributed by atoms with E-state index in [1.54, 1.807) is 36.4 Å². The highest BCUT2D eigenvalue weighted by Crippen LogP contribution is 2.25. The number of benzene rings is 2. The molecule has 25 heavy (non-hydrogen) atoms. The largest absolute Gasteiger partial charge is 0.328 e. The lowest BCUT2D eigenvalue weighted by molar-refractivity contribution is -0.116. The normalized spacial score (nSPS) is 10.8.